The summed E-state index contributed by atoms with van der Waals surface area (Å²) in [5.74, 6) is 1.27. The minimum atomic E-state index is -0.895. The van der Waals surface area contributed by atoms with Gasteiger partial charge in [-0.2, -0.15) is 0 Å². The van der Waals surface area contributed by atoms with Crippen LogP contribution in [0.1, 0.15) is 67.5 Å². The molecule has 0 amide bonds. The molecule has 0 bridgehead atoms. The molecule has 0 saturated heterocycles. The maximum absolute atomic E-state index is 11.2. The standard InChI is InChI=1S/C29H32Br2O5/c1-16(2)21-14-26(36-29-23(30)11-19(12-24(29)31)13-27(32)33)22(15-25(21)34-6)28(35-17(3)4)20-9-7-8-18(5)10-20/h7-12,14-17,28H,13H2,1-6H3,(H,32,33). The Bertz CT molecular complexity index is 1210. The molecule has 0 fully saturated rings. The molecule has 0 heterocycles. The van der Waals surface area contributed by atoms with E-state index in [0.29, 0.717) is 26.0 Å². The first-order valence-corrected chi connectivity index (χ1v) is 13.4. The Morgan fingerprint density at radius 3 is 2.11 bits per heavy atom. The number of rotatable bonds is 10. The summed E-state index contributed by atoms with van der Waals surface area (Å²) in [6.07, 6.45) is -0.507. The van der Waals surface area contributed by atoms with Crippen LogP contribution in [-0.2, 0) is 16.0 Å². The number of hydrogen-bond acceptors (Lipinski definition) is 4. The molecule has 1 unspecified atom stereocenters. The molecule has 3 rings (SSSR count). The van der Waals surface area contributed by atoms with Crippen LogP contribution < -0.4 is 9.47 Å². The van der Waals surface area contributed by atoms with Crippen LogP contribution >= 0.6 is 31.9 Å². The van der Waals surface area contributed by atoms with Gasteiger partial charge in [-0.05, 0) is 93.9 Å². The second-order valence-electron chi connectivity index (χ2n) is 9.33. The van der Waals surface area contributed by atoms with Gasteiger partial charge in [0.1, 0.15) is 17.6 Å². The summed E-state index contributed by atoms with van der Waals surface area (Å²) in [5, 5.41) is 9.19. The zero-order chi connectivity index (χ0) is 26.6. The predicted octanol–water partition coefficient (Wildman–Crippen LogP) is 8.59. The molecule has 36 heavy (non-hydrogen) atoms. The van der Waals surface area contributed by atoms with Crippen molar-refractivity contribution in [3.05, 3.63) is 85.3 Å². The zero-order valence-electron chi connectivity index (χ0n) is 21.4. The van der Waals surface area contributed by atoms with Gasteiger partial charge in [0, 0.05) is 11.1 Å². The SMILES string of the molecule is COc1cc(C(OC(C)C)c2cccc(C)c2)c(Oc2c(Br)cc(CC(=O)O)cc2Br)cc1C(C)C. The lowest BCUT2D eigenvalue weighted by Gasteiger charge is -2.26. The van der Waals surface area contributed by atoms with Crippen LogP contribution in [0.25, 0.3) is 0 Å². The molecule has 5 nitrogen and oxygen atoms in total. The summed E-state index contributed by atoms with van der Waals surface area (Å²) >= 11 is 7.15. The second kappa shape index (κ2) is 12.3. The van der Waals surface area contributed by atoms with Crippen molar-refractivity contribution >= 4 is 37.8 Å². The Morgan fingerprint density at radius 2 is 1.58 bits per heavy atom. The van der Waals surface area contributed by atoms with Gasteiger partial charge in [-0.25, -0.2) is 0 Å². The molecule has 0 saturated carbocycles. The molecule has 0 aliphatic rings. The number of benzene rings is 3. The molecular formula is C29H32Br2O5. The lowest BCUT2D eigenvalue weighted by Crippen LogP contribution is -2.14. The fraction of sp³-hybridized carbons (Fsp3) is 0.345. The van der Waals surface area contributed by atoms with Crippen molar-refractivity contribution < 1.29 is 24.1 Å². The summed E-state index contributed by atoms with van der Waals surface area (Å²) in [4.78, 5) is 11.2. The van der Waals surface area contributed by atoms with Crippen LogP contribution in [0.5, 0.6) is 17.2 Å². The molecule has 0 aliphatic heterocycles. The van der Waals surface area contributed by atoms with Gasteiger partial charge in [-0.15, -0.1) is 0 Å². The minimum absolute atomic E-state index is 0.0343. The highest BCUT2D eigenvalue weighted by molar-refractivity contribution is 9.11. The van der Waals surface area contributed by atoms with Crippen LogP contribution in [0.4, 0.5) is 0 Å². The minimum Gasteiger partial charge on any atom is -0.496 e. The molecule has 3 aromatic carbocycles. The van der Waals surface area contributed by atoms with Crippen LogP contribution in [0.15, 0.2) is 57.5 Å². The van der Waals surface area contributed by atoms with E-state index in [1.165, 1.54) is 0 Å². The van der Waals surface area contributed by atoms with E-state index < -0.39 is 5.97 Å². The Labute approximate surface area is 230 Å². The van der Waals surface area contributed by atoms with Crippen molar-refractivity contribution in [2.24, 2.45) is 0 Å². The number of ether oxygens (including phenoxy) is 3. The third-order valence-corrected chi connectivity index (χ3v) is 6.82. The summed E-state index contributed by atoms with van der Waals surface area (Å²) in [7, 11) is 1.67. The van der Waals surface area contributed by atoms with Crippen LogP contribution in [0.2, 0.25) is 0 Å². The van der Waals surface area contributed by atoms with E-state index in [9.17, 15) is 9.90 Å². The Morgan fingerprint density at radius 1 is 0.944 bits per heavy atom. The third-order valence-electron chi connectivity index (χ3n) is 5.65. The normalized spacial score (nSPS) is 12.2. The zero-order valence-corrected chi connectivity index (χ0v) is 24.6. The average Bonchev–Trinajstić information content (AvgIpc) is 2.79. The van der Waals surface area contributed by atoms with Crippen molar-refractivity contribution in [3.63, 3.8) is 0 Å². The number of hydrogen-bond donors (Lipinski definition) is 1. The van der Waals surface area contributed by atoms with E-state index in [0.717, 1.165) is 28.0 Å². The van der Waals surface area contributed by atoms with Crippen LogP contribution in [-0.4, -0.2) is 24.3 Å². The number of halogens is 2. The van der Waals surface area contributed by atoms with Gasteiger partial charge in [-0.3, -0.25) is 4.79 Å². The predicted molar refractivity (Wildman–Crippen MR) is 150 cm³/mol. The molecule has 1 N–H and O–H groups in total. The fourth-order valence-corrected chi connectivity index (χ4v) is 5.49. The van der Waals surface area contributed by atoms with Gasteiger partial charge in [0.05, 0.1) is 28.6 Å². The van der Waals surface area contributed by atoms with Gasteiger partial charge >= 0.3 is 5.97 Å². The van der Waals surface area contributed by atoms with Crippen LogP contribution in [0, 0.1) is 6.92 Å². The highest BCUT2D eigenvalue weighted by atomic mass is 79.9. The van der Waals surface area contributed by atoms with Crippen molar-refractivity contribution in [1.29, 1.82) is 0 Å². The van der Waals surface area contributed by atoms with Crippen molar-refractivity contribution in [3.8, 4) is 17.2 Å². The summed E-state index contributed by atoms with van der Waals surface area (Å²) in [6, 6.07) is 15.8. The molecule has 0 spiro atoms. The Balaban J connectivity index is 2.21. The van der Waals surface area contributed by atoms with Crippen molar-refractivity contribution in [2.75, 3.05) is 7.11 Å². The maximum atomic E-state index is 11.2. The number of carbonyl (C=O) groups is 1. The highest BCUT2D eigenvalue weighted by Crippen LogP contribution is 2.45. The number of carboxylic acid groups (broad SMARTS) is 1. The van der Waals surface area contributed by atoms with Gasteiger partial charge in [0.2, 0.25) is 0 Å². The van der Waals surface area contributed by atoms with E-state index >= 15 is 0 Å². The molecule has 0 radical (unpaired) electrons. The molecule has 7 heteroatoms. The average molecular weight is 620 g/mol. The van der Waals surface area contributed by atoms with E-state index in [1.807, 2.05) is 32.0 Å². The monoisotopic (exact) mass is 618 g/mol. The van der Waals surface area contributed by atoms with Gasteiger partial charge in [0.15, 0.2) is 5.75 Å². The Hall–Kier alpha value is -2.35. The number of aliphatic carboxylic acids is 1. The first kappa shape index (κ1) is 28.2. The lowest BCUT2D eigenvalue weighted by molar-refractivity contribution is -0.136. The molecule has 0 aromatic heterocycles. The molecule has 192 valence electrons. The van der Waals surface area contributed by atoms with E-state index in [-0.39, 0.29) is 24.5 Å². The first-order valence-electron chi connectivity index (χ1n) is 11.8. The fourth-order valence-electron chi connectivity index (χ4n) is 4.05. The highest BCUT2D eigenvalue weighted by Gasteiger charge is 2.26. The largest absolute Gasteiger partial charge is 0.496 e. The number of methoxy groups -OCH3 is 1. The van der Waals surface area contributed by atoms with Crippen molar-refractivity contribution in [2.45, 2.75) is 59.2 Å². The lowest BCUT2D eigenvalue weighted by atomic mass is 9.94. The second-order valence-corrected chi connectivity index (χ2v) is 11.0. The summed E-state index contributed by atoms with van der Waals surface area (Å²) < 4.78 is 20.1. The molecule has 0 aliphatic carbocycles. The third kappa shape index (κ3) is 6.90. The summed E-state index contributed by atoms with van der Waals surface area (Å²) in [6.45, 7) is 10.3. The van der Waals surface area contributed by atoms with E-state index in [1.54, 1.807) is 19.2 Å². The molecular weight excluding hydrogens is 588 g/mol. The van der Waals surface area contributed by atoms with Gasteiger partial charge in [-0.1, -0.05) is 43.7 Å². The molecule has 3 aromatic rings. The van der Waals surface area contributed by atoms with E-state index in [4.69, 9.17) is 14.2 Å². The summed E-state index contributed by atoms with van der Waals surface area (Å²) in [5.41, 5.74) is 4.66. The van der Waals surface area contributed by atoms with Crippen molar-refractivity contribution in [1.82, 2.24) is 0 Å². The quantitative estimate of drug-likeness (QED) is 0.246. The first-order chi connectivity index (χ1) is 17.0. The van der Waals surface area contributed by atoms with Gasteiger partial charge in [0.25, 0.3) is 0 Å². The van der Waals surface area contributed by atoms with Gasteiger partial charge < -0.3 is 19.3 Å². The maximum Gasteiger partial charge on any atom is 0.307 e. The molecule has 1 atom stereocenters. The van der Waals surface area contributed by atoms with E-state index in [2.05, 4.69) is 70.8 Å². The number of carboxylic acids is 1. The Kier molecular flexibility index (Phi) is 9.61. The topological polar surface area (TPSA) is 65.0 Å². The smallest absolute Gasteiger partial charge is 0.307 e. The number of aryl methyl sites for hydroxylation is 1. The van der Waals surface area contributed by atoms with Crippen LogP contribution in [0.3, 0.4) is 0 Å².